The number of ether oxygens (including phenoxy) is 2. The molecule has 1 fully saturated rings. The van der Waals surface area contributed by atoms with Crippen LogP contribution in [0.3, 0.4) is 0 Å². The Bertz CT molecular complexity index is 1520. The van der Waals surface area contributed by atoms with Crippen molar-refractivity contribution in [3.05, 3.63) is 72.2 Å². The summed E-state index contributed by atoms with van der Waals surface area (Å²) in [6.07, 6.45) is 4.67. The van der Waals surface area contributed by atoms with Gasteiger partial charge in [0.1, 0.15) is 18.2 Å². The lowest BCUT2D eigenvalue weighted by atomic mass is 10.1. The number of nitrogens with zero attached hydrogens (tertiary/aromatic N) is 3. The fraction of sp³-hybridized carbons (Fsp3) is 0.310. The number of morpholine rings is 1. The van der Waals surface area contributed by atoms with Crippen molar-refractivity contribution in [2.24, 2.45) is 0 Å². The third-order valence-corrected chi connectivity index (χ3v) is 6.88. The average molecular weight is 512 g/mol. The third-order valence-electron chi connectivity index (χ3n) is 6.88. The van der Waals surface area contributed by atoms with Crippen LogP contribution in [0.2, 0.25) is 0 Å². The fourth-order valence-electron chi connectivity index (χ4n) is 4.90. The van der Waals surface area contributed by atoms with E-state index in [1.807, 2.05) is 18.2 Å². The SMILES string of the molecule is Cc1cc2cc(Nc3ccnc(NCCc4c[nH]c5ccc(OCCN6CCOCC6)cc45)n3)ccc2[nH]1. The van der Waals surface area contributed by atoms with E-state index in [0.717, 1.165) is 73.3 Å². The van der Waals surface area contributed by atoms with Gasteiger partial charge in [0.25, 0.3) is 0 Å². The topological polar surface area (TPSA) is 103 Å². The zero-order valence-electron chi connectivity index (χ0n) is 21.6. The third kappa shape index (κ3) is 5.74. The number of aromatic nitrogens is 4. The number of hydrogen-bond donors (Lipinski definition) is 4. The van der Waals surface area contributed by atoms with Gasteiger partial charge in [0.2, 0.25) is 5.95 Å². The normalized spacial score (nSPS) is 14.2. The number of anilines is 3. The summed E-state index contributed by atoms with van der Waals surface area (Å²) in [5.41, 5.74) is 5.60. The summed E-state index contributed by atoms with van der Waals surface area (Å²) < 4.78 is 11.5. The molecule has 3 aromatic heterocycles. The molecule has 0 saturated carbocycles. The Labute approximate surface area is 221 Å². The molecule has 4 heterocycles. The van der Waals surface area contributed by atoms with Crippen LogP contribution in [0.15, 0.2) is 60.9 Å². The maximum atomic E-state index is 6.06. The maximum absolute atomic E-state index is 6.06. The van der Waals surface area contributed by atoms with Gasteiger partial charge in [-0.3, -0.25) is 4.90 Å². The summed E-state index contributed by atoms with van der Waals surface area (Å²) in [5.74, 6) is 2.25. The van der Waals surface area contributed by atoms with Gasteiger partial charge in [0.05, 0.1) is 13.2 Å². The van der Waals surface area contributed by atoms with Crippen LogP contribution in [-0.4, -0.2) is 70.8 Å². The van der Waals surface area contributed by atoms with E-state index in [4.69, 9.17) is 9.47 Å². The van der Waals surface area contributed by atoms with E-state index in [-0.39, 0.29) is 0 Å². The van der Waals surface area contributed by atoms with E-state index < -0.39 is 0 Å². The van der Waals surface area contributed by atoms with E-state index in [9.17, 15) is 0 Å². The van der Waals surface area contributed by atoms with Gasteiger partial charge in [0, 0.05) is 71.8 Å². The monoisotopic (exact) mass is 511 g/mol. The first-order chi connectivity index (χ1) is 18.7. The molecule has 1 aliphatic rings. The minimum atomic E-state index is 0.598. The smallest absolute Gasteiger partial charge is 0.224 e. The van der Waals surface area contributed by atoms with Gasteiger partial charge in [-0.25, -0.2) is 4.98 Å². The molecule has 38 heavy (non-hydrogen) atoms. The minimum Gasteiger partial charge on any atom is -0.492 e. The van der Waals surface area contributed by atoms with Gasteiger partial charge in [0.15, 0.2) is 0 Å². The van der Waals surface area contributed by atoms with E-state index in [0.29, 0.717) is 19.1 Å². The Kier molecular flexibility index (Phi) is 7.10. The van der Waals surface area contributed by atoms with Crippen molar-refractivity contribution < 1.29 is 9.47 Å². The van der Waals surface area contributed by atoms with Gasteiger partial charge in [-0.15, -0.1) is 0 Å². The van der Waals surface area contributed by atoms with Crippen molar-refractivity contribution in [2.75, 3.05) is 56.6 Å². The molecule has 0 bridgehead atoms. The van der Waals surface area contributed by atoms with Gasteiger partial charge in [-0.2, -0.15) is 4.98 Å². The highest BCUT2D eigenvalue weighted by Crippen LogP contribution is 2.25. The van der Waals surface area contributed by atoms with Crippen molar-refractivity contribution in [3.8, 4) is 5.75 Å². The number of benzene rings is 2. The molecule has 6 rings (SSSR count). The highest BCUT2D eigenvalue weighted by Gasteiger charge is 2.11. The minimum absolute atomic E-state index is 0.598. The molecule has 0 atom stereocenters. The standard InChI is InChI=1S/C29H33N7O2/c1-20-16-22-17-23(2-4-26(22)33-20)34-28-7-9-31-29(35-28)30-8-6-21-19-32-27-5-3-24(18-25(21)27)38-15-12-36-10-13-37-14-11-36/h2-5,7,9,16-19,32-33H,6,8,10-15H2,1H3,(H2,30,31,34,35). The number of aryl methyl sites for hydroxylation is 1. The molecule has 196 valence electrons. The number of fused-ring (bicyclic) bond motifs is 2. The summed E-state index contributed by atoms with van der Waals surface area (Å²) in [7, 11) is 0. The van der Waals surface area contributed by atoms with Crippen LogP contribution < -0.4 is 15.4 Å². The Morgan fingerprint density at radius 3 is 2.87 bits per heavy atom. The van der Waals surface area contributed by atoms with Crippen LogP contribution in [0, 0.1) is 6.92 Å². The molecule has 1 saturated heterocycles. The first-order valence-electron chi connectivity index (χ1n) is 13.2. The first-order valence-corrected chi connectivity index (χ1v) is 13.2. The second kappa shape index (κ2) is 11.1. The quantitative estimate of drug-likeness (QED) is 0.212. The van der Waals surface area contributed by atoms with Gasteiger partial charge >= 0.3 is 0 Å². The van der Waals surface area contributed by atoms with Gasteiger partial charge in [-0.1, -0.05) is 0 Å². The van der Waals surface area contributed by atoms with Crippen molar-refractivity contribution in [1.82, 2.24) is 24.8 Å². The second-order valence-electron chi connectivity index (χ2n) is 9.65. The Balaban J connectivity index is 1.04. The molecular weight excluding hydrogens is 478 g/mol. The number of rotatable bonds is 10. The summed E-state index contributed by atoms with van der Waals surface area (Å²) in [5, 5.41) is 9.10. The zero-order valence-corrected chi connectivity index (χ0v) is 21.6. The lowest BCUT2D eigenvalue weighted by Crippen LogP contribution is -2.38. The molecule has 2 aromatic carbocycles. The summed E-state index contributed by atoms with van der Waals surface area (Å²) in [6.45, 7) is 7.93. The maximum Gasteiger partial charge on any atom is 0.224 e. The fourth-order valence-corrected chi connectivity index (χ4v) is 4.90. The van der Waals surface area contributed by atoms with Crippen molar-refractivity contribution in [1.29, 1.82) is 0 Å². The van der Waals surface area contributed by atoms with Gasteiger partial charge < -0.3 is 30.1 Å². The largest absolute Gasteiger partial charge is 0.492 e. The van der Waals surface area contributed by atoms with E-state index in [1.165, 1.54) is 16.3 Å². The Morgan fingerprint density at radius 2 is 1.95 bits per heavy atom. The van der Waals surface area contributed by atoms with Crippen LogP contribution in [-0.2, 0) is 11.2 Å². The van der Waals surface area contributed by atoms with Crippen molar-refractivity contribution in [3.63, 3.8) is 0 Å². The van der Waals surface area contributed by atoms with Crippen LogP contribution >= 0.6 is 0 Å². The molecule has 9 heteroatoms. The zero-order chi connectivity index (χ0) is 25.7. The molecule has 4 N–H and O–H groups in total. The molecule has 0 aliphatic carbocycles. The summed E-state index contributed by atoms with van der Waals surface area (Å²) in [4.78, 5) is 18.1. The predicted molar refractivity (Wildman–Crippen MR) is 152 cm³/mol. The van der Waals surface area contributed by atoms with Crippen LogP contribution in [0.25, 0.3) is 21.8 Å². The summed E-state index contributed by atoms with van der Waals surface area (Å²) >= 11 is 0. The molecule has 0 spiro atoms. The van der Waals surface area contributed by atoms with E-state index in [1.54, 1.807) is 6.20 Å². The predicted octanol–water partition coefficient (Wildman–Crippen LogP) is 4.86. The molecule has 5 aromatic rings. The van der Waals surface area contributed by atoms with Crippen molar-refractivity contribution >= 4 is 39.3 Å². The number of H-pyrrole nitrogens is 2. The van der Waals surface area contributed by atoms with Gasteiger partial charge in [-0.05, 0) is 67.4 Å². The Hall–Kier alpha value is -4.08. The molecular formula is C29H33N7O2. The van der Waals surface area contributed by atoms with Crippen LogP contribution in [0.5, 0.6) is 5.75 Å². The summed E-state index contributed by atoms with van der Waals surface area (Å²) in [6, 6.07) is 16.5. The number of nitrogens with one attached hydrogen (secondary N) is 4. The van der Waals surface area contributed by atoms with Crippen LogP contribution in [0.1, 0.15) is 11.3 Å². The van der Waals surface area contributed by atoms with Crippen LogP contribution in [0.4, 0.5) is 17.5 Å². The molecule has 1 aliphatic heterocycles. The van der Waals surface area contributed by atoms with Crippen molar-refractivity contribution in [2.45, 2.75) is 13.3 Å². The Morgan fingerprint density at radius 1 is 1.05 bits per heavy atom. The van der Waals surface area contributed by atoms with E-state index >= 15 is 0 Å². The lowest BCUT2D eigenvalue weighted by Gasteiger charge is -2.26. The first kappa shape index (κ1) is 24.3. The second-order valence-corrected chi connectivity index (χ2v) is 9.65. The highest BCUT2D eigenvalue weighted by molar-refractivity contribution is 5.85. The average Bonchev–Trinajstić information content (AvgIpc) is 3.51. The molecule has 0 radical (unpaired) electrons. The molecule has 0 amide bonds. The van der Waals surface area contributed by atoms with E-state index in [2.05, 4.69) is 78.9 Å². The lowest BCUT2D eigenvalue weighted by molar-refractivity contribution is 0.0322. The number of aromatic amines is 2. The number of hydrogen-bond acceptors (Lipinski definition) is 7. The highest BCUT2D eigenvalue weighted by atomic mass is 16.5. The molecule has 9 nitrogen and oxygen atoms in total. The molecule has 0 unspecified atom stereocenters.